The molecule has 3 rings (SSSR count). The minimum absolute atomic E-state index is 0.0376. The Labute approximate surface area is 194 Å². The average molecular weight is 524 g/mol. The summed E-state index contributed by atoms with van der Waals surface area (Å²) in [6.07, 6.45) is 0. The normalized spacial score (nSPS) is 10.9. The van der Waals surface area contributed by atoms with Gasteiger partial charge in [-0.3, -0.25) is 4.72 Å². The smallest absolute Gasteiger partial charge is 0.265 e. The molecule has 0 saturated carbocycles. The zero-order valence-electron chi connectivity index (χ0n) is 16.4. The van der Waals surface area contributed by atoms with Crippen LogP contribution < -0.4 is 20.1 Å². The van der Waals surface area contributed by atoms with Crippen molar-refractivity contribution < 1.29 is 17.5 Å². The van der Waals surface area contributed by atoms with Crippen LogP contribution in [-0.2, 0) is 10.0 Å². The minimum atomic E-state index is -3.86. The topological polar surface area (TPSA) is 79.5 Å². The maximum absolute atomic E-state index is 13.0. The Bertz CT molecular complexity index is 1170. The van der Waals surface area contributed by atoms with Gasteiger partial charge in [0, 0.05) is 21.5 Å². The van der Waals surface area contributed by atoms with E-state index in [0.717, 1.165) is 0 Å². The fraction of sp³-hybridized carbons (Fsp3) is 0.0952. The zero-order valence-corrected chi connectivity index (χ0v) is 19.6. The van der Waals surface area contributed by atoms with Gasteiger partial charge in [0.25, 0.3) is 10.0 Å². The molecule has 3 N–H and O–H groups in total. The van der Waals surface area contributed by atoms with E-state index in [9.17, 15) is 12.8 Å². The molecule has 0 atom stereocenters. The van der Waals surface area contributed by atoms with Gasteiger partial charge in [0.2, 0.25) is 0 Å². The van der Waals surface area contributed by atoms with E-state index in [1.54, 1.807) is 55.5 Å². The maximum Gasteiger partial charge on any atom is 0.265 e. The first-order chi connectivity index (χ1) is 14.8. The number of rotatable bonds is 7. The van der Waals surface area contributed by atoms with Crippen LogP contribution in [0.15, 0.2) is 76.1 Å². The van der Waals surface area contributed by atoms with Crippen molar-refractivity contribution in [2.75, 3.05) is 22.0 Å². The molecule has 3 aromatic rings. The van der Waals surface area contributed by atoms with E-state index in [4.69, 9.17) is 17.0 Å². The minimum Gasteiger partial charge on any atom is -0.492 e. The first-order valence-corrected chi connectivity index (χ1v) is 11.8. The molecule has 0 aromatic heterocycles. The van der Waals surface area contributed by atoms with Crippen molar-refractivity contribution in [2.24, 2.45) is 0 Å². The number of sulfonamides is 1. The third-order valence-electron chi connectivity index (χ3n) is 3.99. The van der Waals surface area contributed by atoms with Gasteiger partial charge in [0.1, 0.15) is 16.5 Å². The van der Waals surface area contributed by atoms with Crippen molar-refractivity contribution in [3.63, 3.8) is 0 Å². The summed E-state index contributed by atoms with van der Waals surface area (Å²) in [6.45, 7) is 2.13. The Hall–Kier alpha value is -2.69. The van der Waals surface area contributed by atoms with E-state index in [0.29, 0.717) is 33.3 Å². The molecular weight excluding hydrogens is 505 g/mol. The van der Waals surface area contributed by atoms with Crippen molar-refractivity contribution in [3.8, 4) is 5.75 Å². The lowest BCUT2D eigenvalue weighted by atomic mass is 10.3. The van der Waals surface area contributed by atoms with E-state index in [-0.39, 0.29) is 16.5 Å². The Morgan fingerprint density at radius 2 is 1.52 bits per heavy atom. The molecule has 0 aliphatic rings. The van der Waals surface area contributed by atoms with E-state index >= 15 is 0 Å². The van der Waals surface area contributed by atoms with Crippen molar-refractivity contribution in [2.45, 2.75) is 11.8 Å². The number of ether oxygens (including phenoxy) is 1. The van der Waals surface area contributed by atoms with Crippen LogP contribution in [0, 0.1) is 5.82 Å². The van der Waals surface area contributed by atoms with Crippen LogP contribution in [0.3, 0.4) is 0 Å². The van der Waals surface area contributed by atoms with Crippen LogP contribution in [0.2, 0.25) is 0 Å². The highest BCUT2D eigenvalue weighted by Gasteiger charge is 2.20. The molecule has 31 heavy (non-hydrogen) atoms. The van der Waals surface area contributed by atoms with Gasteiger partial charge in [-0.05, 0) is 85.9 Å². The lowest BCUT2D eigenvalue weighted by Gasteiger charge is -2.14. The van der Waals surface area contributed by atoms with Gasteiger partial charge < -0.3 is 15.4 Å². The second-order valence-corrected chi connectivity index (χ2v) is 9.27. The van der Waals surface area contributed by atoms with Crippen LogP contribution in [0.5, 0.6) is 5.75 Å². The van der Waals surface area contributed by atoms with E-state index < -0.39 is 10.0 Å². The third-order valence-corrected chi connectivity index (χ3v) is 6.09. The van der Waals surface area contributed by atoms with Crippen molar-refractivity contribution >= 4 is 60.3 Å². The molecule has 0 unspecified atom stereocenters. The van der Waals surface area contributed by atoms with Crippen molar-refractivity contribution in [1.82, 2.24) is 0 Å². The van der Waals surface area contributed by atoms with Gasteiger partial charge in [-0.1, -0.05) is 15.9 Å². The summed E-state index contributed by atoms with van der Waals surface area (Å²) in [6, 6.07) is 17.2. The fourth-order valence-electron chi connectivity index (χ4n) is 2.63. The van der Waals surface area contributed by atoms with E-state index in [1.807, 2.05) is 0 Å². The molecule has 10 heteroatoms. The van der Waals surface area contributed by atoms with Gasteiger partial charge in [0.05, 0.1) is 6.61 Å². The summed E-state index contributed by atoms with van der Waals surface area (Å²) in [5.74, 6) is -0.0626. The summed E-state index contributed by atoms with van der Waals surface area (Å²) in [5.41, 5.74) is 1.67. The molecule has 0 bridgehead atoms. The highest BCUT2D eigenvalue weighted by molar-refractivity contribution is 9.10. The summed E-state index contributed by atoms with van der Waals surface area (Å²) in [7, 11) is -3.86. The van der Waals surface area contributed by atoms with Crippen LogP contribution in [-0.4, -0.2) is 20.1 Å². The van der Waals surface area contributed by atoms with Gasteiger partial charge >= 0.3 is 0 Å². The van der Waals surface area contributed by atoms with Crippen molar-refractivity contribution in [3.05, 3.63) is 77.0 Å². The van der Waals surface area contributed by atoms with E-state index in [1.165, 1.54) is 18.2 Å². The molecule has 0 heterocycles. The highest BCUT2D eigenvalue weighted by atomic mass is 79.9. The van der Waals surface area contributed by atoms with Gasteiger partial charge in [-0.15, -0.1) is 0 Å². The van der Waals surface area contributed by atoms with Crippen LogP contribution >= 0.6 is 28.1 Å². The quantitative estimate of drug-likeness (QED) is 0.350. The predicted octanol–water partition coefficient (Wildman–Crippen LogP) is 5.60. The fourth-order valence-corrected chi connectivity index (χ4v) is 4.60. The Morgan fingerprint density at radius 1 is 0.968 bits per heavy atom. The SMILES string of the molecule is CCOc1ccc(Br)cc1S(=O)(=O)Nc1ccc(NC(=S)Nc2ccc(F)cc2)cc1. The number of hydrogen-bond donors (Lipinski definition) is 3. The average Bonchev–Trinajstić information content (AvgIpc) is 2.72. The number of benzene rings is 3. The van der Waals surface area contributed by atoms with Crippen LogP contribution in [0.1, 0.15) is 6.92 Å². The monoisotopic (exact) mass is 523 g/mol. The van der Waals surface area contributed by atoms with Crippen LogP contribution in [0.4, 0.5) is 21.5 Å². The Kier molecular flexibility index (Phi) is 7.47. The largest absolute Gasteiger partial charge is 0.492 e. The standard InChI is InChI=1S/C21H19BrFN3O3S2/c1-2-29-19-12-3-14(22)13-20(19)31(27,28)26-18-10-8-17(9-11-18)25-21(30)24-16-6-4-15(23)5-7-16/h3-13,26H,2H2,1H3,(H2,24,25,30). The lowest BCUT2D eigenvalue weighted by Crippen LogP contribution is -2.19. The van der Waals surface area contributed by atoms with Gasteiger partial charge in [0.15, 0.2) is 5.11 Å². The molecule has 3 aromatic carbocycles. The predicted molar refractivity (Wildman–Crippen MR) is 129 cm³/mol. The molecule has 0 aliphatic carbocycles. The number of halogens is 2. The molecule has 0 amide bonds. The first-order valence-electron chi connectivity index (χ1n) is 9.15. The third kappa shape index (κ3) is 6.39. The van der Waals surface area contributed by atoms with Gasteiger partial charge in [-0.2, -0.15) is 0 Å². The zero-order chi connectivity index (χ0) is 22.4. The molecule has 0 aliphatic heterocycles. The molecule has 0 fully saturated rings. The first kappa shape index (κ1) is 23.0. The Balaban J connectivity index is 1.68. The number of nitrogens with one attached hydrogen (secondary N) is 3. The summed E-state index contributed by atoms with van der Waals surface area (Å²) in [5, 5.41) is 6.24. The second-order valence-electron chi connectivity index (χ2n) is 6.29. The van der Waals surface area contributed by atoms with Crippen LogP contribution in [0.25, 0.3) is 0 Å². The van der Waals surface area contributed by atoms with Gasteiger partial charge in [-0.25, -0.2) is 12.8 Å². The molecule has 6 nitrogen and oxygen atoms in total. The molecule has 162 valence electrons. The number of anilines is 3. The summed E-state index contributed by atoms with van der Waals surface area (Å²) < 4.78 is 47.3. The summed E-state index contributed by atoms with van der Waals surface area (Å²) >= 11 is 8.53. The highest BCUT2D eigenvalue weighted by Crippen LogP contribution is 2.29. The molecule has 0 saturated heterocycles. The number of thiocarbonyl (C=S) groups is 1. The molecule has 0 spiro atoms. The van der Waals surface area contributed by atoms with Crippen molar-refractivity contribution in [1.29, 1.82) is 0 Å². The van der Waals surface area contributed by atoms with E-state index in [2.05, 4.69) is 31.3 Å². The summed E-state index contributed by atoms with van der Waals surface area (Å²) in [4.78, 5) is 0.0376. The lowest BCUT2D eigenvalue weighted by molar-refractivity contribution is 0.331. The maximum atomic E-state index is 13.0. The Morgan fingerprint density at radius 3 is 2.10 bits per heavy atom. The molecule has 0 radical (unpaired) electrons. The molecular formula is C21H19BrFN3O3S2. The second kappa shape index (κ2) is 10.1. The number of hydrogen-bond acceptors (Lipinski definition) is 4.